The number of nitrogens with zero attached hydrogens (tertiary/aromatic N) is 3. The molecule has 0 bridgehead atoms. The zero-order chi connectivity index (χ0) is 11.7. The molecule has 1 unspecified atom stereocenters. The van der Waals surface area contributed by atoms with Crippen LogP contribution in [-0.2, 0) is 0 Å². The number of hydrogen-bond acceptors (Lipinski definition) is 3. The van der Waals surface area contributed by atoms with Crippen molar-refractivity contribution in [2.24, 2.45) is 5.73 Å². The van der Waals surface area contributed by atoms with Crippen LogP contribution in [0, 0.1) is 12.7 Å². The van der Waals surface area contributed by atoms with Gasteiger partial charge in [0.05, 0.1) is 17.6 Å². The number of hydrogen-bond donors (Lipinski definition) is 1. The van der Waals surface area contributed by atoms with Crippen molar-refractivity contribution in [2.75, 3.05) is 0 Å². The summed E-state index contributed by atoms with van der Waals surface area (Å²) < 4.78 is 14.9. The number of benzene rings is 1. The van der Waals surface area contributed by atoms with Crippen molar-refractivity contribution in [1.82, 2.24) is 15.0 Å². The molecule has 1 heterocycles. The highest BCUT2D eigenvalue weighted by molar-refractivity contribution is 5.34. The minimum atomic E-state index is -0.254. The van der Waals surface area contributed by atoms with Crippen LogP contribution in [0.15, 0.2) is 24.4 Å². The third-order valence-electron chi connectivity index (χ3n) is 2.40. The van der Waals surface area contributed by atoms with Gasteiger partial charge in [-0.25, -0.2) is 9.07 Å². The van der Waals surface area contributed by atoms with Gasteiger partial charge < -0.3 is 5.73 Å². The average molecular weight is 220 g/mol. The highest BCUT2D eigenvalue weighted by Gasteiger charge is 2.07. The molecule has 2 aromatic rings. The Morgan fingerprint density at radius 3 is 2.75 bits per heavy atom. The Bertz CT molecular complexity index is 504. The predicted molar refractivity (Wildman–Crippen MR) is 58.7 cm³/mol. The summed E-state index contributed by atoms with van der Waals surface area (Å²) in [5.74, 6) is -0.254. The minimum absolute atomic E-state index is 0.177. The van der Waals surface area contributed by atoms with Crippen molar-refractivity contribution in [3.05, 3.63) is 41.5 Å². The molecule has 0 aliphatic carbocycles. The summed E-state index contributed by atoms with van der Waals surface area (Å²) in [5.41, 5.74) is 7.60. The predicted octanol–water partition coefficient (Wildman–Crippen LogP) is 1.73. The number of halogens is 1. The third-order valence-corrected chi connectivity index (χ3v) is 2.40. The lowest BCUT2D eigenvalue weighted by Crippen LogP contribution is -2.04. The average Bonchev–Trinajstić information content (AvgIpc) is 2.71. The molecule has 4 nitrogen and oxygen atoms in total. The molecule has 0 aliphatic rings. The van der Waals surface area contributed by atoms with Crippen LogP contribution in [0.5, 0.6) is 0 Å². The lowest BCUT2D eigenvalue weighted by molar-refractivity contribution is 0.615. The summed E-state index contributed by atoms with van der Waals surface area (Å²) in [4.78, 5) is 0. The van der Waals surface area contributed by atoms with Gasteiger partial charge in [0.15, 0.2) is 0 Å². The topological polar surface area (TPSA) is 56.7 Å². The first kappa shape index (κ1) is 10.8. The molecule has 2 N–H and O–H groups in total. The SMILES string of the molecule is Cc1ccc(-n2cc(C(C)N)nn2)cc1F. The molecule has 1 aromatic carbocycles. The summed E-state index contributed by atoms with van der Waals surface area (Å²) >= 11 is 0. The van der Waals surface area contributed by atoms with Crippen LogP contribution in [0.4, 0.5) is 4.39 Å². The number of rotatable bonds is 2. The van der Waals surface area contributed by atoms with Gasteiger partial charge in [-0.05, 0) is 31.5 Å². The van der Waals surface area contributed by atoms with Crippen molar-refractivity contribution < 1.29 is 4.39 Å². The summed E-state index contributed by atoms with van der Waals surface area (Å²) in [6, 6.07) is 4.74. The molecule has 0 radical (unpaired) electrons. The molecule has 0 fully saturated rings. The number of aryl methyl sites for hydroxylation is 1. The quantitative estimate of drug-likeness (QED) is 0.838. The van der Waals surface area contributed by atoms with Crippen molar-refractivity contribution in [3.63, 3.8) is 0 Å². The largest absolute Gasteiger partial charge is 0.323 e. The second-order valence-electron chi connectivity index (χ2n) is 3.81. The van der Waals surface area contributed by atoms with Crippen LogP contribution in [-0.4, -0.2) is 15.0 Å². The summed E-state index contributed by atoms with van der Waals surface area (Å²) in [7, 11) is 0. The first-order valence-corrected chi connectivity index (χ1v) is 5.02. The highest BCUT2D eigenvalue weighted by atomic mass is 19.1. The van der Waals surface area contributed by atoms with Crippen LogP contribution in [0.1, 0.15) is 24.2 Å². The fourth-order valence-electron chi connectivity index (χ4n) is 1.34. The van der Waals surface area contributed by atoms with Crippen molar-refractivity contribution in [1.29, 1.82) is 0 Å². The van der Waals surface area contributed by atoms with Crippen molar-refractivity contribution in [3.8, 4) is 5.69 Å². The first-order chi connectivity index (χ1) is 7.58. The monoisotopic (exact) mass is 220 g/mol. The van der Waals surface area contributed by atoms with Gasteiger partial charge in [-0.1, -0.05) is 11.3 Å². The molecule has 1 aromatic heterocycles. The number of nitrogens with two attached hydrogens (primary N) is 1. The zero-order valence-electron chi connectivity index (χ0n) is 9.18. The standard InChI is InChI=1S/C11H13FN4/c1-7-3-4-9(5-10(7)12)16-6-11(8(2)13)14-15-16/h3-6,8H,13H2,1-2H3. The Kier molecular flexibility index (Phi) is 2.70. The van der Waals surface area contributed by atoms with Crippen LogP contribution < -0.4 is 5.73 Å². The van der Waals surface area contributed by atoms with Crippen LogP contribution in [0.2, 0.25) is 0 Å². The molecule has 16 heavy (non-hydrogen) atoms. The maximum Gasteiger partial charge on any atom is 0.128 e. The van der Waals surface area contributed by atoms with Gasteiger partial charge in [0.25, 0.3) is 0 Å². The van der Waals surface area contributed by atoms with E-state index in [0.29, 0.717) is 16.9 Å². The van der Waals surface area contributed by atoms with E-state index in [1.54, 1.807) is 25.3 Å². The molecule has 0 aliphatic heterocycles. The maximum absolute atomic E-state index is 13.3. The second-order valence-corrected chi connectivity index (χ2v) is 3.81. The van der Waals surface area contributed by atoms with Crippen LogP contribution >= 0.6 is 0 Å². The molecule has 0 spiro atoms. The lowest BCUT2D eigenvalue weighted by atomic mass is 10.2. The maximum atomic E-state index is 13.3. The molecule has 0 saturated carbocycles. The van der Waals surface area contributed by atoms with E-state index in [4.69, 9.17) is 5.73 Å². The normalized spacial score (nSPS) is 12.8. The van der Waals surface area contributed by atoms with Crippen molar-refractivity contribution in [2.45, 2.75) is 19.9 Å². The fourth-order valence-corrected chi connectivity index (χ4v) is 1.34. The van der Waals surface area contributed by atoms with E-state index in [0.717, 1.165) is 0 Å². The molecule has 0 saturated heterocycles. The van der Waals surface area contributed by atoms with E-state index < -0.39 is 0 Å². The Labute approximate surface area is 92.9 Å². The summed E-state index contributed by atoms with van der Waals surface area (Å²) in [6.07, 6.45) is 1.70. The minimum Gasteiger partial charge on any atom is -0.323 e. The van der Waals surface area contributed by atoms with Crippen LogP contribution in [0.3, 0.4) is 0 Å². The molecule has 0 amide bonds. The summed E-state index contributed by atoms with van der Waals surface area (Å²) in [5, 5.41) is 7.81. The smallest absolute Gasteiger partial charge is 0.128 e. The van der Waals surface area contributed by atoms with Gasteiger partial charge in [-0.2, -0.15) is 0 Å². The summed E-state index contributed by atoms with van der Waals surface area (Å²) in [6.45, 7) is 3.54. The first-order valence-electron chi connectivity index (χ1n) is 5.02. The molecular formula is C11H13FN4. The van der Waals surface area contributed by atoms with E-state index >= 15 is 0 Å². The Balaban J connectivity index is 2.39. The fraction of sp³-hybridized carbons (Fsp3) is 0.273. The zero-order valence-corrected chi connectivity index (χ0v) is 9.18. The van der Waals surface area contributed by atoms with Gasteiger partial charge in [-0.15, -0.1) is 5.10 Å². The van der Waals surface area contributed by atoms with E-state index in [9.17, 15) is 4.39 Å². The highest BCUT2D eigenvalue weighted by Crippen LogP contribution is 2.14. The van der Waals surface area contributed by atoms with Crippen molar-refractivity contribution >= 4 is 0 Å². The Morgan fingerprint density at radius 1 is 1.44 bits per heavy atom. The van der Waals surface area contributed by atoms with Gasteiger partial charge in [0.2, 0.25) is 0 Å². The van der Waals surface area contributed by atoms with E-state index in [2.05, 4.69) is 10.3 Å². The van der Waals surface area contributed by atoms with Gasteiger partial charge >= 0.3 is 0 Å². The number of aromatic nitrogens is 3. The molecule has 5 heteroatoms. The molecule has 1 atom stereocenters. The van der Waals surface area contributed by atoms with Gasteiger partial charge in [0.1, 0.15) is 5.82 Å². The molecular weight excluding hydrogens is 207 g/mol. The molecule has 2 rings (SSSR count). The van der Waals surface area contributed by atoms with E-state index in [1.165, 1.54) is 10.7 Å². The Morgan fingerprint density at radius 2 is 2.19 bits per heavy atom. The van der Waals surface area contributed by atoms with E-state index in [-0.39, 0.29) is 11.9 Å². The molecule has 84 valence electrons. The lowest BCUT2D eigenvalue weighted by Gasteiger charge is -2.02. The second kappa shape index (κ2) is 4.02. The van der Waals surface area contributed by atoms with Gasteiger partial charge in [-0.3, -0.25) is 0 Å². The van der Waals surface area contributed by atoms with Crippen LogP contribution in [0.25, 0.3) is 5.69 Å². The Hall–Kier alpha value is -1.75. The third kappa shape index (κ3) is 1.94. The van der Waals surface area contributed by atoms with Gasteiger partial charge in [0, 0.05) is 6.04 Å². The van der Waals surface area contributed by atoms with E-state index in [1.807, 2.05) is 6.92 Å².